The molecule has 28 heavy (non-hydrogen) atoms. The zero-order valence-corrected chi connectivity index (χ0v) is 16.5. The molecule has 1 saturated carbocycles. The van der Waals surface area contributed by atoms with Gasteiger partial charge in [-0.3, -0.25) is 4.99 Å². The molecular weight excluding hydrogens is 346 g/mol. The van der Waals surface area contributed by atoms with Crippen LogP contribution in [0.25, 0.3) is 11.6 Å². The summed E-state index contributed by atoms with van der Waals surface area (Å²) in [5.41, 5.74) is 3.42. The third-order valence-corrected chi connectivity index (χ3v) is 4.59. The Labute approximate surface area is 167 Å². The molecule has 0 unspecified atom stereocenters. The van der Waals surface area contributed by atoms with Gasteiger partial charge >= 0.3 is 0 Å². The van der Waals surface area contributed by atoms with Crippen LogP contribution in [0.5, 0.6) is 5.75 Å². The van der Waals surface area contributed by atoms with Crippen molar-refractivity contribution >= 4 is 17.9 Å². The van der Waals surface area contributed by atoms with E-state index in [0.717, 1.165) is 40.9 Å². The second-order valence-corrected chi connectivity index (χ2v) is 7.34. The maximum atomic E-state index is 10.1. The standard InChI is InChI=1S/C25H27NO2/c1-19(2)28-24-12-6-21(7-13-24)14-18-26-17-4-5-20(3)22-8-10-23(11-9-22)25(27)15-16-25/h4-14,17-19,27H,3,15-16H2,1-2H3/b5-4-,18-14+,26-17+. The molecule has 0 aromatic heterocycles. The van der Waals surface area contributed by atoms with E-state index in [-0.39, 0.29) is 6.10 Å². The molecule has 0 amide bonds. The van der Waals surface area contributed by atoms with Gasteiger partial charge in [0.1, 0.15) is 5.75 Å². The molecule has 0 aliphatic heterocycles. The van der Waals surface area contributed by atoms with Gasteiger partial charge < -0.3 is 9.84 Å². The van der Waals surface area contributed by atoms with Gasteiger partial charge in [-0.15, -0.1) is 0 Å². The summed E-state index contributed by atoms with van der Waals surface area (Å²) in [6.07, 6.45) is 11.1. The van der Waals surface area contributed by atoms with E-state index in [1.807, 2.05) is 80.6 Å². The Balaban J connectivity index is 1.49. The lowest BCUT2D eigenvalue weighted by molar-refractivity contribution is 0.151. The fourth-order valence-corrected chi connectivity index (χ4v) is 2.82. The molecule has 0 spiro atoms. The zero-order chi connectivity index (χ0) is 20.0. The molecule has 1 aliphatic carbocycles. The zero-order valence-electron chi connectivity index (χ0n) is 16.5. The summed E-state index contributed by atoms with van der Waals surface area (Å²) >= 11 is 0. The van der Waals surface area contributed by atoms with Crippen LogP contribution in [-0.4, -0.2) is 17.4 Å². The van der Waals surface area contributed by atoms with Gasteiger partial charge in [0.05, 0.1) is 11.7 Å². The highest BCUT2D eigenvalue weighted by Gasteiger charge is 2.41. The quantitative estimate of drug-likeness (QED) is 0.472. The minimum Gasteiger partial charge on any atom is -0.491 e. The number of rotatable bonds is 8. The molecule has 0 bridgehead atoms. The number of ether oxygens (including phenoxy) is 1. The van der Waals surface area contributed by atoms with Crippen molar-refractivity contribution in [3.05, 3.63) is 90.2 Å². The Kier molecular flexibility index (Phi) is 6.27. The van der Waals surface area contributed by atoms with Crippen LogP contribution < -0.4 is 4.74 Å². The van der Waals surface area contributed by atoms with Crippen molar-refractivity contribution in [1.82, 2.24) is 0 Å². The van der Waals surface area contributed by atoms with Gasteiger partial charge in [-0.2, -0.15) is 0 Å². The van der Waals surface area contributed by atoms with Gasteiger partial charge in [0.2, 0.25) is 0 Å². The summed E-state index contributed by atoms with van der Waals surface area (Å²) in [5, 5.41) is 10.1. The van der Waals surface area contributed by atoms with Crippen LogP contribution >= 0.6 is 0 Å². The van der Waals surface area contributed by atoms with Crippen molar-refractivity contribution < 1.29 is 9.84 Å². The smallest absolute Gasteiger partial charge is 0.119 e. The number of aliphatic hydroxyl groups is 1. The SMILES string of the molecule is C=C(\C=C/C=N/C=C/c1ccc(OC(C)C)cc1)c1ccc(C2(O)CC2)cc1. The second-order valence-electron chi connectivity index (χ2n) is 7.34. The van der Waals surface area contributed by atoms with E-state index in [2.05, 4.69) is 11.6 Å². The van der Waals surface area contributed by atoms with Gasteiger partial charge in [-0.1, -0.05) is 49.1 Å². The van der Waals surface area contributed by atoms with Crippen molar-refractivity contribution in [3.8, 4) is 5.75 Å². The summed E-state index contributed by atoms with van der Waals surface area (Å²) in [6.45, 7) is 8.11. The van der Waals surface area contributed by atoms with E-state index in [9.17, 15) is 5.11 Å². The van der Waals surface area contributed by atoms with Gasteiger partial charge in [-0.25, -0.2) is 0 Å². The molecule has 1 aliphatic rings. The van der Waals surface area contributed by atoms with Gasteiger partial charge in [0.25, 0.3) is 0 Å². The fourth-order valence-electron chi connectivity index (χ4n) is 2.82. The van der Waals surface area contributed by atoms with E-state index < -0.39 is 5.60 Å². The molecule has 0 heterocycles. The predicted molar refractivity (Wildman–Crippen MR) is 117 cm³/mol. The first-order chi connectivity index (χ1) is 13.5. The molecule has 0 saturated heterocycles. The molecule has 0 atom stereocenters. The molecule has 0 radical (unpaired) electrons. The average molecular weight is 373 g/mol. The van der Waals surface area contributed by atoms with Crippen LogP contribution in [0.4, 0.5) is 0 Å². The van der Waals surface area contributed by atoms with Gasteiger partial charge in [0, 0.05) is 12.4 Å². The van der Waals surface area contributed by atoms with E-state index in [0.29, 0.717) is 0 Å². The van der Waals surface area contributed by atoms with Crippen LogP contribution in [0.15, 0.2) is 78.5 Å². The molecule has 3 rings (SSSR count). The van der Waals surface area contributed by atoms with E-state index >= 15 is 0 Å². The van der Waals surface area contributed by atoms with Crippen molar-refractivity contribution in [1.29, 1.82) is 0 Å². The number of nitrogens with zero attached hydrogens (tertiary/aromatic N) is 1. The lowest BCUT2D eigenvalue weighted by atomic mass is 10.0. The van der Waals surface area contributed by atoms with Crippen LogP contribution in [0, 0.1) is 0 Å². The van der Waals surface area contributed by atoms with Crippen molar-refractivity contribution in [2.45, 2.75) is 38.4 Å². The van der Waals surface area contributed by atoms with Crippen molar-refractivity contribution in [3.63, 3.8) is 0 Å². The molecular formula is C25H27NO2. The molecule has 144 valence electrons. The maximum Gasteiger partial charge on any atom is 0.119 e. The first-order valence-electron chi connectivity index (χ1n) is 9.62. The maximum absolute atomic E-state index is 10.1. The minimum absolute atomic E-state index is 0.176. The minimum atomic E-state index is -0.587. The van der Waals surface area contributed by atoms with E-state index in [4.69, 9.17) is 4.74 Å². The van der Waals surface area contributed by atoms with Gasteiger partial charge in [-0.05, 0) is 73.2 Å². The average Bonchev–Trinajstić information content (AvgIpc) is 3.44. The second kappa shape index (κ2) is 8.85. The lowest BCUT2D eigenvalue weighted by Gasteiger charge is -2.09. The van der Waals surface area contributed by atoms with Crippen molar-refractivity contribution in [2.24, 2.45) is 4.99 Å². The molecule has 3 heteroatoms. The monoisotopic (exact) mass is 373 g/mol. The normalized spacial score (nSPS) is 15.7. The van der Waals surface area contributed by atoms with Crippen LogP contribution in [0.3, 0.4) is 0 Å². The highest BCUT2D eigenvalue weighted by Crippen LogP contribution is 2.45. The number of hydrogen-bond acceptors (Lipinski definition) is 3. The molecule has 2 aromatic rings. The Hall–Kier alpha value is -2.91. The van der Waals surface area contributed by atoms with Crippen molar-refractivity contribution in [2.75, 3.05) is 0 Å². The predicted octanol–water partition coefficient (Wildman–Crippen LogP) is 5.77. The third-order valence-electron chi connectivity index (χ3n) is 4.59. The van der Waals surface area contributed by atoms with Crippen LogP contribution in [-0.2, 0) is 5.60 Å². The first kappa shape index (κ1) is 19.8. The summed E-state index contributed by atoms with van der Waals surface area (Å²) in [6, 6.07) is 15.9. The highest BCUT2D eigenvalue weighted by atomic mass is 16.5. The summed E-state index contributed by atoms with van der Waals surface area (Å²) < 4.78 is 5.63. The molecule has 2 aromatic carbocycles. The Bertz CT molecular complexity index is 883. The first-order valence-corrected chi connectivity index (χ1v) is 9.62. The summed E-state index contributed by atoms with van der Waals surface area (Å²) in [5.74, 6) is 0.872. The topological polar surface area (TPSA) is 41.8 Å². The highest BCUT2D eigenvalue weighted by molar-refractivity contribution is 5.80. The molecule has 1 fully saturated rings. The fraction of sp³-hybridized carbons (Fsp3) is 0.240. The number of aliphatic imine (C=N–C) groups is 1. The summed E-state index contributed by atoms with van der Waals surface area (Å²) in [7, 11) is 0. The van der Waals surface area contributed by atoms with Crippen LogP contribution in [0.2, 0.25) is 0 Å². The molecule has 3 nitrogen and oxygen atoms in total. The Morgan fingerprint density at radius 2 is 1.79 bits per heavy atom. The largest absolute Gasteiger partial charge is 0.491 e. The number of hydrogen-bond donors (Lipinski definition) is 1. The third kappa shape index (κ3) is 5.54. The van der Waals surface area contributed by atoms with E-state index in [1.165, 1.54) is 0 Å². The molecule has 1 N–H and O–H groups in total. The lowest BCUT2D eigenvalue weighted by Crippen LogP contribution is -2.05. The Morgan fingerprint density at radius 1 is 1.11 bits per heavy atom. The number of benzene rings is 2. The van der Waals surface area contributed by atoms with Gasteiger partial charge in [0.15, 0.2) is 0 Å². The number of allylic oxidation sites excluding steroid dienone is 3. The summed E-state index contributed by atoms with van der Waals surface area (Å²) in [4.78, 5) is 4.26. The van der Waals surface area contributed by atoms with E-state index in [1.54, 1.807) is 12.4 Å². The Morgan fingerprint density at radius 3 is 2.39 bits per heavy atom. The van der Waals surface area contributed by atoms with Crippen LogP contribution in [0.1, 0.15) is 43.4 Å².